The summed E-state index contributed by atoms with van der Waals surface area (Å²) in [5.74, 6) is 0.770. The minimum absolute atomic E-state index is 0.0310. The summed E-state index contributed by atoms with van der Waals surface area (Å²) in [6.45, 7) is 4.28. The topological polar surface area (TPSA) is 50.4 Å². The first-order valence-electron chi connectivity index (χ1n) is 7.35. The standard InChI is InChI=1S/C16H24N2O2/c1-12-4-7-14(15(10-12)17-2)16(19)18-8-3-9-20-11-13-5-6-13/h4,7,10,13,17H,3,5-6,8-9,11H2,1-2H3,(H,18,19). The molecule has 1 fully saturated rings. The van der Waals surface area contributed by atoms with E-state index in [4.69, 9.17) is 4.74 Å². The molecular formula is C16H24N2O2. The van der Waals surface area contributed by atoms with Crippen LogP contribution in [0.1, 0.15) is 35.2 Å². The van der Waals surface area contributed by atoms with Gasteiger partial charge in [-0.2, -0.15) is 0 Å². The highest BCUT2D eigenvalue weighted by Crippen LogP contribution is 2.28. The zero-order chi connectivity index (χ0) is 14.4. The van der Waals surface area contributed by atoms with Crippen LogP contribution in [0.2, 0.25) is 0 Å². The minimum atomic E-state index is -0.0310. The van der Waals surface area contributed by atoms with Gasteiger partial charge in [-0.3, -0.25) is 4.79 Å². The molecule has 1 saturated carbocycles. The summed E-state index contributed by atoms with van der Waals surface area (Å²) in [5, 5.41) is 6.00. The maximum atomic E-state index is 12.1. The molecule has 0 atom stereocenters. The fourth-order valence-corrected chi connectivity index (χ4v) is 2.07. The van der Waals surface area contributed by atoms with Crippen molar-refractivity contribution in [3.8, 4) is 0 Å². The Bertz CT molecular complexity index is 456. The van der Waals surface area contributed by atoms with E-state index in [1.54, 1.807) is 0 Å². The van der Waals surface area contributed by atoms with E-state index in [9.17, 15) is 4.79 Å². The van der Waals surface area contributed by atoms with Gasteiger partial charge in [0, 0.05) is 32.5 Å². The lowest BCUT2D eigenvalue weighted by Crippen LogP contribution is -2.26. The van der Waals surface area contributed by atoms with Crippen LogP contribution in [0, 0.1) is 12.8 Å². The smallest absolute Gasteiger partial charge is 0.253 e. The summed E-state index contributed by atoms with van der Waals surface area (Å²) >= 11 is 0. The van der Waals surface area contributed by atoms with Gasteiger partial charge in [0.25, 0.3) is 5.91 Å². The molecule has 20 heavy (non-hydrogen) atoms. The maximum Gasteiger partial charge on any atom is 0.253 e. The molecule has 0 bridgehead atoms. The van der Waals surface area contributed by atoms with Crippen LogP contribution in [-0.4, -0.2) is 32.7 Å². The third kappa shape index (κ3) is 4.53. The number of rotatable bonds is 8. The molecule has 0 aromatic heterocycles. The Labute approximate surface area is 120 Å². The zero-order valence-electron chi connectivity index (χ0n) is 12.4. The van der Waals surface area contributed by atoms with E-state index in [0.717, 1.165) is 36.8 Å². The molecule has 4 nitrogen and oxygen atoms in total. The molecule has 0 unspecified atom stereocenters. The number of hydrogen-bond acceptors (Lipinski definition) is 3. The molecule has 1 aromatic rings. The molecule has 1 amide bonds. The molecule has 110 valence electrons. The Hall–Kier alpha value is -1.55. The van der Waals surface area contributed by atoms with Gasteiger partial charge >= 0.3 is 0 Å². The number of amides is 1. The van der Waals surface area contributed by atoms with Crippen LogP contribution >= 0.6 is 0 Å². The molecule has 1 aliphatic carbocycles. The fraction of sp³-hybridized carbons (Fsp3) is 0.562. The first-order valence-corrected chi connectivity index (χ1v) is 7.35. The first kappa shape index (κ1) is 14.9. The zero-order valence-corrected chi connectivity index (χ0v) is 12.4. The van der Waals surface area contributed by atoms with E-state index in [2.05, 4.69) is 10.6 Å². The second kappa shape index (κ2) is 7.29. The number of nitrogens with one attached hydrogen (secondary N) is 2. The van der Waals surface area contributed by atoms with Gasteiger partial charge in [-0.05, 0) is 49.8 Å². The van der Waals surface area contributed by atoms with E-state index >= 15 is 0 Å². The average Bonchev–Trinajstić information content (AvgIpc) is 3.26. The second-order valence-corrected chi connectivity index (χ2v) is 5.43. The van der Waals surface area contributed by atoms with Crippen LogP contribution in [0.25, 0.3) is 0 Å². The Balaban J connectivity index is 1.70. The van der Waals surface area contributed by atoms with Crippen LogP contribution in [0.3, 0.4) is 0 Å². The number of carbonyl (C=O) groups is 1. The van der Waals surface area contributed by atoms with Crippen molar-refractivity contribution in [1.82, 2.24) is 5.32 Å². The van der Waals surface area contributed by atoms with Gasteiger partial charge in [-0.1, -0.05) is 6.07 Å². The summed E-state index contributed by atoms with van der Waals surface area (Å²) in [4.78, 5) is 12.1. The van der Waals surface area contributed by atoms with E-state index in [1.165, 1.54) is 12.8 Å². The number of anilines is 1. The fourth-order valence-electron chi connectivity index (χ4n) is 2.07. The van der Waals surface area contributed by atoms with Crippen molar-refractivity contribution >= 4 is 11.6 Å². The summed E-state index contributed by atoms with van der Waals surface area (Å²) in [6.07, 6.45) is 3.49. The molecule has 2 rings (SSSR count). The van der Waals surface area contributed by atoms with Crippen LogP contribution < -0.4 is 10.6 Å². The van der Waals surface area contributed by atoms with Crippen molar-refractivity contribution in [3.63, 3.8) is 0 Å². The van der Waals surface area contributed by atoms with Crippen LogP contribution in [0.5, 0.6) is 0 Å². The van der Waals surface area contributed by atoms with Gasteiger partial charge in [0.05, 0.1) is 5.56 Å². The summed E-state index contributed by atoms with van der Waals surface area (Å²) in [7, 11) is 1.83. The SMILES string of the molecule is CNc1cc(C)ccc1C(=O)NCCCOCC1CC1. The number of ether oxygens (including phenoxy) is 1. The average molecular weight is 276 g/mol. The molecule has 4 heteroatoms. The molecular weight excluding hydrogens is 252 g/mol. The van der Waals surface area contributed by atoms with Gasteiger partial charge in [-0.15, -0.1) is 0 Å². The van der Waals surface area contributed by atoms with Gasteiger partial charge in [-0.25, -0.2) is 0 Å². The Morgan fingerprint density at radius 2 is 2.20 bits per heavy atom. The highest BCUT2D eigenvalue weighted by Gasteiger charge is 2.20. The van der Waals surface area contributed by atoms with E-state index < -0.39 is 0 Å². The Kier molecular flexibility index (Phi) is 5.41. The molecule has 1 aliphatic rings. The third-order valence-electron chi connectivity index (χ3n) is 3.49. The highest BCUT2D eigenvalue weighted by atomic mass is 16.5. The van der Waals surface area contributed by atoms with Gasteiger partial charge in [0.2, 0.25) is 0 Å². The van der Waals surface area contributed by atoms with E-state index in [0.29, 0.717) is 12.1 Å². The van der Waals surface area contributed by atoms with Crippen molar-refractivity contribution in [1.29, 1.82) is 0 Å². The minimum Gasteiger partial charge on any atom is -0.387 e. The maximum absolute atomic E-state index is 12.1. The second-order valence-electron chi connectivity index (χ2n) is 5.43. The molecule has 2 N–H and O–H groups in total. The lowest BCUT2D eigenvalue weighted by Gasteiger charge is -2.11. The van der Waals surface area contributed by atoms with Crippen molar-refractivity contribution in [2.45, 2.75) is 26.2 Å². The monoisotopic (exact) mass is 276 g/mol. The van der Waals surface area contributed by atoms with Crippen molar-refractivity contribution < 1.29 is 9.53 Å². The van der Waals surface area contributed by atoms with Crippen LogP contribution in [-0.2, 0) is 4.74 Å². The van der Waals surface area contributed by atoms with E-state index in [-0.39, 0.29) is 5.91 Å². The molecule has 0 heterocycles. The molecule has 0 aliphatic heterocycles. The quantitative estimate of drug-likeness (QED) is 0.718. The highest BCUT2D eigenvalue weighted by molar-refractivity contribution is 5.99. The largest absolute Gasteiger partial charge is 0.387 e. The van der Waals surface area contributed by atoms with Crippen molar-refractivity contribution in [2.24, 2.45) is 5.92 Å². The number of hydrogen-bond donors (Lipinski definition) is 2. The van der Waals surface area contributed by atoms with E-state index in [1.807, 2.05) is 32.2 Å². The lowest BCUT2D eigenvalue weighted by atomic mass is 10.1. The predicted octanol–water partition coefficient (Wildman–Crippen LogP) is 2.58. The number of carbonyl (C=O) groups excluding carboxylic acids is 1. The third-order valence-corrected chi connectivity index (χ3v) is 3.49. The summed E-state index contributed by atoms with van der Waals surface area (Å²) < 4.78 is 5.54. The lowest BCUT2D eigenvalue weighted by molar-refractivity contribution is 0.0938. The summed E-state index contributed by atoms with van der Waals surface area (Å²) in [5.41, 5.74) is 2.70. The molecule has 0 spiro atoms. The number of aryl methyl sites for hydroxylation is 1. The van der Waals surface area contributed by atoms with Crippen molar-refractivity contribution in [3.05, 3.63) is 29.3 Å². The molecule has 0 saturated heterocycles. The number of benzene rings is 1. The van der Waals surface area contributed by atoms with Gasteiger partial charge in [0.15, 0.2) is 0 Å². The van der Waals surface area contributed by atoms with Crippen LogP contribution in [0.15, 0.2) is 18.2 Å². The van der Waals surface area contributed by atoms with Crippen LogP contribution in [0.4, 0.5) is 5.69 Å². The summed E-state index contributed by atoms with van der Waals surface area (Å²) in [6, 6.07) is 5.79. The van der Waals surface area contributed by atoms with Gasteiger partial charge < -0.3 is 15.4 Å². The first-order chi connectivity index (χ1) is 9.70. The normalized spacial score (nSPS) is 14.1. The molecule has 1 aromatic carbocycles. The predicted molar refractivity (Wildman–Crippen MR) is 81.2 cm³/mol. The van der Waals surface area contributed by atoms with Crippen molar-refractivity contribution in [2.75, 3.05) is 32.1 Å². The molecule has 0 radical (unpaired) electrons. The Morgan fingerprint density at radius 3 is 2.90 bits per heavy atom. The Morgan fingerprint density at radius 1 is 1.40 bits per heavy atom. The van der Waals surface area contributed by atoms with Gasteiger partial charge in [0.1, 0.15) is 0 Å².